The number of benzene rings is 2. The van der Waals surface area contributed by atoms with Gasteiger partial charge in [-0.05, 0) is 5.56 Å². The van der Waals surface area contributed by atoms with Crippen LogP contribution in [-0.2, 0) is 14.3 Å². The number of rotatable bonds is 6. The molecule has 2 aromatic carbocycles. The maximum absolute atomic E-state index is 12.1. The zero-order valence-corrected chi connectivity index (χ0v) is 15.3. The third-order valence-electron chi connectivity index (χ3n) is 4.02. The number of esters is 1. The van der Waals surface area contributed by atoms with E-state index in [2.05, 4.69) is 11.4 Å². The molecule has 3 aromatic rings. The summed E-state index contributed by atoms with van der Waals surface area (Å²) in [5.41, 5.74) is 2.37. The molecular formula is C22H18N2O4. The predicted molar refractivity (Wildman–Crippen MR) is 104 cm³/mol. The standard InChI is InChI=1S/C22H18N2O4/c1-2-19(26)27-14-18(25)24-22-17(13-23)20(15-9-5-3-6-10-15)21(28-22)16-11-7-4-8-12-16/h3-12H,2,14H2,1H3,(H,24,25). The van der Waals surface area contributed by atoms with E-state index < -0.39 is 18.5 Å². The average Bonchev–Trinajstić information content (AvgIpc) is 3.11. The van der Waals surface area contributed by atoms with E-state index in [1.807, 2.05) is 60.7 Å². The Morgan fingerprint density at radius 1 is 1.04 bits per heavy atom. The number of ether oxygens (including phenoxy) is 1. The molecule has 0 saturated heterocycles. The molecule has 0 radical (unpaired) electrons. The van der Waals surface area contributed by atoms with Gasteiger partial charge in [0.05, 0.1) is 0 Å². The summed E-state index contributed by atoms with van der Waals surface area (Å²) in [4.78, 5) is 23.4. The predicted octanol–water partition coefficient (Wildman–Crippen LogP) is 4.38. The number of anilines is 1. The van der Waals surface area contributed by atoms with E-state index in [1.165, 1.54) is 0 Å². The Hall–Kier alpha value is -3.85. The van der Waals surface area contributed by atoms with Gasteiger partial charge in [0, 0.05) is 17.5 Å². The molecule has 0 aliphatic rings. The van der Waals surface area contributed by atoms with E-state index in [0.29, 0.717) is 11.3 Å². The number of carbonyl (C=O) groups excluding carboxylic acids is 2. The molecule has 3 rings (SSSR count). The van der Waals surface area contributed by atoms with Crippen molar-refractivity contribution in [2.45, 2.75) is 13.3 Å². The van der Waals surface area contributed by atoms with Crippen molar-refractivity contribution in [2.75, 3.05) is 11.9 Å². The number of nitrogens with zero attached hydrogens (tertiary/aromatic N) is 1. The van der Waals surface area contributed by atoms with Crippen molar-refractivity contribution in [3.63, 3.8) is 0 Å². The van der Waals surface area contributed by atoms with Crippen molar-refractivity contribution in [1.82, 2.24) is 0 Å². The van der Waals surface area contributed by atoms with Crippen LogP contribution in [0.2, 0.25) is 0 Å². The molecule has 0 atom stereocenters. The van der Waals surface area contributed by atoms with Crippen LogP contribution >= 0.6 is 0 Å². The fourth-order valence-corrected chi connectivity index (χ4v) is 2.71. The van der Waals surface area contributed by atoms with Gasteiger partial charge in [-0.1, -0.05) is 67.6 Å². The van der Waals surface area contributed by atoms with Gasteiger partial charge in [0.1, 0.15) is 17.4 Å². The summed E-state index contributed by atoms with van der Waals surface area (Å²) in [5, 5.41) is 12.3. The first kappa shape index (κ1) is 18.9. The number of nitrogens with one attached hydrogen (secondary N) is 1. The SMILES string of the molecule is CCC(=O)OCC(=O)Nc1oc(-c2ccccc2)c(-c2ccccc2)c1C#N. The summed E-state index contributed by atoms with van der Waals surface area (Å²) in [6, 6.07) is 20.8. The van der Waals surface area contributed by atoms with Gasteiger partial charge < -0.3 is 9.15 Å². The van der Waals surface area contributed by atoms with Crippen LogP contribution in [0, 0.1) is 11.3 Å². The molecular weight excluding hydrogens is 356 g/mol. The molecule has 0 spiro atoms. The molecule has 0 fully saturated rings. The Kier molecular flexibility index (Phi) is 5.87. The molecule has 1 N–H and O–H groups in total. The van der Waals surface area contributed by atoms with E-state index in [9.17, 15) is 14.9 Å². The fourth-order valence-electron chi connectivity index (χ4n) is 2.71. The monoisotopic (exact) mass is 374 g/mol. The summed E-state index contributed by atoms with van der Waals surface area (Å²) in [7, 11) is 0. The molecule has 0 aliphatic heterocycles. The normalized spacial score (nSPS) is 10.1. The minimum Gasteiger partial charge on any atom is -0.456 e. The Bertz CT molecular complexity index is 1020. The Morgan fingerprint density at radius 3 is 2.21 bits per heavy atom. The number of hydrogen-bond donors (Lipinski definition) is 1. The van der Waals surface area contributed by atoms with Crippen molar-refractivity contribution in [2.24, 2.45) is 0 Å². The summed E-state index contributed by atoms with van der Waals surface area (Å²) in [5.74, 6) is -0.557. The molecule has 1 aromatic heterocycles. The van der Waals surface area contributed by atoms with Crippen LogP contribution in [0.15, 0.2) is 65.1 Å². The van der Waals surface area contributed by atoms with Crippen molar-refractivity contribution in [3.05, 3.63) is 66.2 Å². The highest BCUT2D eigenvalue weighted by molar-refractivity contribution is 5.96. The quantitative estimate of drug-likeness (QED) is 0.647. The average molecular weight is 374 g/mol. The molecule has 1 heterocycles. The second-order valence-corrected chi connectivity index (χ2v) is 5.92. The summed E-state index contributed by atoms with van der Waals surface area (Å²) in [6.45, 7) is 1.19. The zero-order valence-electron chi connectivity index (χ0n) is 15.3. The van der Waals surface area contributed by atoms with Crippen LogP contribution in [0.4, 0.5) is 5.88 Å². The van der Waals surface area contributed by atoms with Crippen molar-refractivity contribution >= 4 is 17.8 Å². The number of furan rings is 1. The minimum atomic E-state index is -0.578. The van der Waals surface area contributed by atoms with Gasteiger partial charge >= 0.3 is 5.97 Å². The third-order valence-corrected chi connectivity index (χ3v) is 4.02. The van der Waals surface area contributed by atoms with E-state index in [-0.39, 0.29) is 17.9 Å². The highest BCUT2D eigenvalue weighted by Crippen LogP contribution is 2.41. The van der Waals surface area contributed by atoms with E-state index in [1.54, 1.807) is 6.92 Å². The lowest BCUT2D eigenvalue weighted by molar-refractivity contribution is -0.146. The molecule has 0 aliphatic carbocycles. The van der Waals surface area contributed by atoms with Crippen LogP contribution in [0.5, 0.6) is 0 Å². The molecule has 6 nitrogen and oxygen atoms in total. The van der Waals surface area contributed by atoms with Gasteiger partial charge in [0.25, 0.3) is 5.91 Å². The number of carbonyl (C=O) groups is 2. The smallest absolute Gasteiger partial charge is 0.306 e. The van der Waals surface area contributed by atoms with E-state index >= 15 is 0 Å². The van der Waals surface area contributed by atoms with E-state index in [0.717, 1.165) is 11.1 Å². The van der Waals surface area contributed by atoms with Crippen LogP contribution in [0.1, 0.15) is 18.9 Å². The van der Waals surface area contributed by atoms with Crippen LogP contribution < -0.4 is 5.32 Å². The Balaban J connectivity index is 2.02. The lowest BCUT2D eigenvalue weighted by Crippen LogP contribution is -2.20. The molecule has 0 unspecified atom stereocenters. The van der Waals surface area contributed by atoms with Gasteiger partial charge in [-0.3, -0.25) is 14.9 Å². The largest absolute Gasteiger partial charge is 0.456 e. The Labute approximate surface area is 162 Å². The molecule has 1 amide bonds. The number of amides is 1. The summed E-state index contributed by atoms with van der Waals surface area (Å²) in [6.07, 6.45) is 0.174. The fraction of sp³-hybridized carbons (Fsp3) is 0.136. The second kappa shape index (κ2) is 8.69. The Morgan fingerprint density at radius 2 is 1.64 bits per heavy atom. The molecule has 0 bridgehead atoms. The number of nitriles is 1. The first-order chi connectivity index (χ1) is 13.6. The van der Waals surface area contributed by atoms with Crippen molar-refractivity contribution < 1.29 is 18.7 Å². The van der Waals surface area contributed by atoms with Crippen LogP contribution in [-0.4, -0.2) is 18.5 Å². The van der Waals surface area contributed by atoms with Crippen molar-refractivity contribution in [1.29, 1.82) is 5.26 Å². The molecule has 28 heavy (non-hydrogen) atoms. The number of hydrogen-bond acceptors (Lipinski definition) is 5. The minimum absolute atomic E-state index is 0.0257. The third kappa shape index (κ3) is 4.10. The highest BCUT2D eigenvalue weighted by atomic mass is 16.5. The molecule has 0 saturated carbocycles. The zero-order chi connectivity index (χ0) is 19.9. The molecule has 6 heteroatoms. The first-order valence-corrected chi connectivity index (χ1v) is 8.77. The highest BCUT2D eigenvalue weighted by Gasteiger charge is 2.24. The van der Waals surface area contributed by atoms with Gasteiger partial charge in [-0.2, -0.15) is 5.26 Å². The maximum atomic E-state index is 12.1. The lowest BCUT2D eigenvalue weighted by Gasteiger charge is -2.03. The summed E-state index contributed by atoms with van der Waals surface area (Å²) >= 11 is 0. The van der Waals surface area contributed by atoms with Gasteiger partial charge in [-0.25, -0.2) is 0 Å². The molecule has 140 valence electrons. The van der Waals surface area contributed by atoms with Gasteiger partial charge in [0.15, 0.2) is 6.61 Å². The van der Waals surface area contributed by atoms with Crippen LogP contribution in [0.3, 0.4) is 0 Å². The second-order valence-electron chi connectivity index (χ2n) is 5.92. The van der Waals surface area contributed by atoms with Crippen molar-refractivity contribution in [3.8, 4) is 28.5 Å². The summed E-state index contributed by atoms with van der Waals surface area (Å²) < 4.78 is 10.7. The van der Waals surface area contributed by atoms with Gasteiger partial charge in [0.2, 0.25) is 5.88 Å². The maximum Gasteiger partial charge on any atom is 0.306 e. The van der Waals surface area contributed by atoms with Gasteiger partial charge in [-0.15, -0.1) is 0 Å². The topological polar surface area (TPSA) is 92.3 Å². The lowest BCUT2D eigenvalue weighted by atomic mass is 9.98. The van der Waals surface area contributed by atoms with Crippen LogP contribution in [0.25, 0.3) is 22.5 Å². The van der Waals surface area contributed by atoms with E-state index in [4.69, 9.17) is 9.15 Å². The first-order valence-electron chi connectivity index (χ1n) is 8.77.